The van der Waals surface area contributed by atoms with Crippen molar-refractivity contribution in [3.05, 3.63) is 35.6 Å². The summed E-state index contributed by atoms with van der Waals surface area (Å²) in [6.45, 7) is 3.67. The molecule has 2 N–H and O–H groups in total. The van der Waals surface area contributed by atoms with Crippen LogP contribution in [0.5, 0.6) is 0 Å². The number of thioether (sulfide) groups is 1. The highest BCUT2D eigenvalue weighted by molar-refractivity contribution is 7.99. The number of aliphatic hydroxyl groups is 1. The number of aliphatic hydroxyl groups excluding tert-OH is 1. The lowest BCUT2D eigenvalue weighted by Gasteiger charge is -2.22. The zero-order valence-corrected chi connectivity index (χ0v) is 15.4. The number of H-pyrrole nitrogens is 1. The minimum atomic E-state index is -0.262. The first kappa shape index (κ1) is 16.7. The van der Waals surface area contributed by atoms with E-state index >= 15 is 0 Å². The number of aromatic nitrogens is 3. The second kappa shape index (κ2) is 6.86. The Balaban J connectivity index is 1.82. The fourth-order valence-electron chi connectivity index (χ4n) is 3.24. The van der Waals surface area contributed by atoms with Gasteiger partial charge in [-0.05, 0) is 36.4 Å². The second-order valence-corrected chi connectivity index (χ2v) is 7.83. The van der Waals surface area contributed by atoms with Gasteiger partial charge in [0.15, 0.2) is 5.65 Å². The average molecular weight is 375 g/mol. The fourth-order valence-corrected chi connectivity index (χ4v) is 4.08. The topological polar surface area (TPSA) is 65.0 Å². The first-order valence-electron chi connectivity index (χ1n) is 8.35. The van der Waals surface area contributed by atoms with E-state index in [1.165, 1.54) is 4.90 Å². The molecule has 0 amide bonds. The number of benzene rings is 1. The van der Waals surface area contributed by atoms with E-state index in [1.54, 1.807) is 6.20 Å². The molecule has 3 aromatic rings. The number of nitrogens with one attached hydrogen (secondary N) is 1. The molecule has 0 radical (unpaired) electrons. The lowest BCUT2D eigenvalue weighted by molar-refractivity contribution is 0.198. The standard InChI is InChI=1S/C18H19ClN4OS/c1-2-25-12-3-4-16(23-6-5-11(24)10-23)13(7-12)14-8-15-18(21-14)22-17(19)9-20-15/h3-4,7-9,11,24H,2,5-6,10H2,1H3,(H,21,22). The molecule has 1 fully saturated rings. The number of halogens is 1. The van der Waals surface area contributed by atoms with Crippen LogP contribution in [0.4, 0.5) is 5.69 Å². The van der Waals surface area contributed by atoms with Gasteiger partial charge in [-0.25, -0.2) is 9.97 Å². The lowest BCUT2D eigenvalue weighted by Crippen LogP contribution is -2.21. The number of nitrogens with zero attached hydrogens (tertiary/aromatic N) is 3. The van der Waals surface area contributed by atoms with Crippen molar-refractivity contribution < 1.29 is 5.11 Å². The summed E-state index contributed by atoms with van der Waals surface area (Å²) in [5.74, 6) is 1.02. The zero-order chi connectivity index (χ0) is 17.4. The number of hydrogen-bond donors (Lipinski definition) is 2. The summed E-state index contributed by atoms with van der Waals surface area (Å²) >= 11 is 7.77. The first-order valence-corrected chi connectivity index (χ1v) is 9.72. The molecular formula is C18H19ClN4OS. The number of β-amino-alcohol motifs (C(OH)–C–C–N with tert-alkyl or cyclic N) is 1. The van der Waals surface area contributed by atoms with Gasteiger partial charge < -0.3 is 15.0 Å². The lowest BCUT2D eigenvalue weighted by atomic mass is 10.1. The molecule has 1 saturated heterocycles. The first-order chi connectivity index (χ1) is 12.1. The Labute approximate surface area is 155 Å². The van der Waals surface area contributed by atoms with Gasteiger partial charge in [0, 0.05) is 29.2 Å². The summed E-state index contributed by atoms with van der Waals surface area (Å²) in [4.78, 5) is 15.4. The normalized spacial score (nSPS) is 17.6. The van der Waals surface area contributed by atoms with Gasteiger partial charge in [-0.2, -0.15) is 0 Å². The third-order valence-corrected chi connectivity index (χ3v) is 5.44. The maximum atomic E-state index is 9.92. The van der Waals surface area contributed by atoms with Crippen LogP contribution in [-0.2, 0) is 0 Å². The molecule has 1 aromatic carbocycles. The molecule has 0 saturated carbocycles. The molecule has 1 aliphatic heterocycles. The minimum absolute atomic E-state index is 0.262. The van der Waals surface area contributed by atoms with E-state index in [9.17, 15) is 5.11 Å². The van der Waals surface area contributed by atoms with E-state index in [4.69, 9.17) is 11.6 Å². The Morgan fingerprint density at radius 3 is 3.04 bits per heavy atom. The van der Waals surface area contributed by atoms with Gasteiger partial charge in [-0.15, -0.1) is 11.8 Å². The molecule has 4 rings (SSSR count). The number of fused-ring (bicyclic) bond motifs is 1. The predicted octanol–water partition coefficient (Wildman–Crippen LogP) is 3.96. The molecule has 130 valence electrons. The van der Waals surface area contributed by atoms with Crippen LogP contribution in [-0.4, -0.2) is 45.0 Å². The molecule has 0 bridgehead atoms. The molecule has 25 heavy (non-hydrogen) atoms. The van der Waals surface area contributed by atoms with Crippen LogP contribution in [0, 0.1) is 0 Å². The fraction of sp³-hybridized carbons (Fsp3) is 0.333. The van der Waals surface area contributed by atoms with Crippen molar-refractivity contribution in [2.45, 2.75) is 24.3 Å². The van der Waals surface area contributed by atoms with Crippen LogP contribution in [0.3, 0.4) is 0 Å². The summed E-state index contributed by atoms with van der Waals surface area (Å²) in [6.07, 6.45) is 2.10. The van der Waals surface area contributed by atoms with E-state index in [2.05, 4.69) is 45.0 Å². The summed E-state index contributed by atoms with van der Waals surface area (Å²) in [5.41, 5.74) is 4.66. The van der Waals surface area contributed by atoms with Crippen molar-refractivity contribution in [1.82, 2.24) is 15.0 Å². The van der Waals surface area contributed by atoms with E-state index in [0.29, 0.717) is 17.3 Å². The zero-order valence-electron chi connectivity index (χ0n) is 13.9. The smallest absolute Gasteiger partial charge is 0.158 e. The summed E-state index contributed by atoms with van der Waals surface area (Å²) < 4.78 is 0. The van der Waals surface area contributed by atoms with Crippen LogP contribution >= 0.6 is 23.4 Å². The predicted molar refractivity (Wildman–Crippen MR) is 104 cm³/mol. The monoisotopic (exact) mass is 374 g/mol. The summed E-state index contributed by atoms with van der Waals surface area (Å²) in [5, 5.41) is 10.3. The Bertz CT molecular complexity index is 913. The number of anilines is 1. The molecule has 0 spiro atoms. The third kappa shape index (κ3) is 3.34. The van der Waals surface area contributed by atoms with Crippen molar-refractivity contribution >= 4 is 40.2 Å². The van der Waals surface area contributed by atoms with Gasteiger partial charge in [0.05, 0.1) is 18.0 Å². The van der Waals surface area contributed by atoms with Crippen LogP contribution in [0.2, 0.25) is 5.15 Å². The Kier molecular flexibility index (Phi) is 4.58. The molecule has 7 heteroatoms. The van der Waals surface area contributed by atoms with E-state index in [1.807, 2.05) is 17.8 Å². The maximum Gasteiger partial charge on any atom is 0.158 e. The van der Waals surface area contributed by atoms with Gasteiger partial charge in [-0.1, -0.05) is 18.5 Å². The van der Waals surface area contributed by atoms with Crippen molar-refractivity contribution in [3.63, 3.8) is 0 Å². The van der Waals surface area contributed by atoms with Gasteiger partial charge in [0.25, 0.3) is 0 Å². The highest BCUT2D eigenvalue weighted by Gasteiger charge is 2.23. The van der Waals surface area contributed by atoms with Crippen LogP contribution < -0.4 is 4.90 Å². The minimum Gasteiger partial charge on any atom is -0.391 e. The van der Waals surface area contributed by atoms with E-state index < -0.39 is 0 Å². The van der Waals surface area contributed by atoms with Gasteiger partial charge in [0.2, 0.25) is 0 Å². The van der Waals surface area contributed by atoms with Gasteiger partial charge in [-0.3, -0.25) is 0 Å². The molecule has 1 aliphatic rings. The molecule has 3 heterocycles. The van der Waals surface area contributed by atoms with Gasteiger partial charge in [0.1, 0.15) is 10.7 Å². The van der Waals surface area contributed by atoms with Crippen molar-refractivity contribution in [2.24, 2.45) is 0 Å². The highest BCUT2D eigenvalue weighted by Crippen LogP contribution is 2.36. The van der Waals surface area contributed by atoms with Crippen molar-refractivity contribution in [3.8, 4) is 11.3 Å². The number of aromatic amines is 1. The van der Waals surface area contributed by atoms with Crippen LogP contribution in [0.15, 0.2) is 35.4 Å². The molecular weight excluding hydrogens is 356 g/mol. The quantitative estimate of drug-likeness (QED) is 0.676. The summed E-state index contributed by atoms with van der Waals surface area (Å²) in [6, 6.07) is 8.49. The summed E-state index contributed by atoms with van der Waals surface area (Å²) in [7, 11) is 0. The van der Waals surface area contributed by atoms with Gasteiger partial charge >= 0.3 is 0 Å². The highest BCUT2D eigenvalue weighted by atomic mass is 35.5. The molecule has 5 nitrogen and oxygen atoms in total. The molecule has 1 unspecified atom stereocenters. The Morgan fingerprint density at radius 2 is 2.28 bits per heavy atom. The van der Waals surface area contributed by atoms with Crippen molar-refractivity contribution in [2.75, 3.05) is 23.7 Å². The second-order valence-electron chi connectivity index (χ2n) is 6.11. The maximum absolute atomic E-state index is 9.92. The third-order valence-electron chi connectivity index (χ3n) is 4.38. The van der Waals surface area contributed by atoms with Crippen LogP contribution in [0.1, 0.15) is 13.3 Å². The number of hydrogen-bond acceptors (Lipinski definition) is 5. The van der Waals surface area contributed by atoms with E-state index in [-0.39, 0.29) is 6.10 Å². The average Bonchev–Trinajstić information content (AvgIpc) is 3.21. The van der Waals surface area contributed by atoms with Crippen LogP contribution in [0.25, 0.3) is 22.4 Å². The molecule has 1 atom stereocenters. The Morgan fingerprint density at radius 1 is 1.40 bits per heavy atom. The SMILES string of the molecule is CCSc1ccc(N2CCC(O)C2)c(-c2cc3ncc(Cl)nc3[nH]2)c1. The number of rotatable bonds is 4. The Hall–Kier alpha value is -1.76. The molecule has 2 aromatic heterocycles. The largest absolute Gasteiger partial charge is 0.391 e. The van der Waals surface area contributed by atoms with E-state index in [0.717, 1.165) is 41.2 Å². The molecule has 0 aliphatic carbocycles. The van der Waals surface area contributed by atoms with Crippen molar-refractivity contribution in [1.29, 1.82) is 0 Å².